The summed E-state index contributed by atoms with van der Waals surface area (Å²) in [5, 5.41) is 0. The Morgan fingerprint density at radius 1 is 1.21 bits per heavy atom. The molecule has 0 aliphatic rings. The van der Waals surface area contributed by atoms with E-state index in [1.165, 1.54) is 11.7 Å². The van der Waals surface area contributed by atoms with Crippen LogP contribution >= 0.6 is 0 Å². The van der Waals surface area contributed by atoms with E-state index in [0.29, 0.717) is 0 Å². The lowest BCUT2D eigenvalue weighted by Crippen LogP contribution is -2.20. The van der Waals surface area contributed by atoms with E-state index in [4.69, 9.17) is 0 Å². The zero-order chi connectivity index (χ0) is 10.8. The first kappa shape index (κ1) is 11.4. The van der Waals surface area contributed by atoms with Gasteiger partial charge in [-0.15, -0.1) is 0 Å². The molecule has 0 saturated carbocycles. The molecule has 1 aromatic heterocycles. The predicted molar refractivity (Wildman–Crippen MR) is 63.4 cm³/mol. The number of hydrogen-bond donors (Lipinski definition) is 0. The van der Waals surface area contributed by atoms with E-state index in [0.717, 1.165) is 17.8 Å². The van der Waals surface area contributed by atoms with Gasteiger partial charge in [0.05, 0.1) is 17.1 Å². The zero-order valence-electron chi connectivity index (χ0n) is 9.89. The average Bonchev–Trinajstić information content (AvgIpc) is 2.05. The molecule has 14 heavy (non-hydrogen) atoms. The Balaban J connectivity index is 2.72. The highest BCUT2D eigenvalue weighted by molar-refractivity contribution is 6.76. The van der Waals surface area contributed by atoms with Crippen LogP contribution in [0.2, 0.25) is 25.7 Å². The summed E-state index contributed by atoms with van der Waals surface area (Å²) in [5.41, 5.74) is 3.31. The first-order valence-electron chi connectivity index (χ1n) is 5.17. The van der Waals surface area contributed by atoms with Gasteiger partial charge in [-0.2, -0.15) is 0 Å². The van der Waals surface area contributed by atoms with E-state index in [2.05, 4.69) is 29.6 Å². The van der Waals surface area contributed by atoms with Crippen molar-refractivity contribution in [1.29, 1.82) is 0 Å². The Kier molecular flexibility index (Phi) is 3.42. The molecule has 0 unspecified atom stereocenters. The normalized spacial score (nSPS) is 11.8. The number of aryl methyl sites for hydroxylation is 3. The van der Waals surface area contributed by atoms with Gasteiger partial charge in [-0.05, 0) is 20.3 Å². The molecular weight excluding hydrogens is 188 g/mol. The summed E-state index contributed by atoms with van der Waals surface area (Å²) < 4.78 is 0. The molecule has 0 amide bonds. The van der Waals surface area contributed by atoms with Crippen molar-refractivity contribution in [1.82, 2.24) is 9.97 Å². The van der Waals surface area contributed by atoms with Crippen LogP contribution in [0.3, 0.4) is 0 Å². The second kappa shape index (κ2) is 4.21. The Bertz CT molecular complexity index is 316. The zero-order valence-corrected chi connectivity index (χ0v) is 10.9. The van der Waals surface area contributed by atoms with Gasteiger partial charge >= 0.3 is 0 Å². The monoisotopic (exact) mass is 208 g/mol. The molecule has 0 fully saturated rings. The minimum atomic E-state index is -0.948. The standard InChI is InChI=1S/C11H20N2Si/c1-9-8-12-10(2)11(13-9)6-7-14(3,4)5/h8H,6-7H2,1-5H3. The molecule has 1 heterocycles. The molecule has 0 atom stereocenters. The van der Waals surface area contributed by atoms with Gasteiger partial charge in [0.25, 0.3) is 0 Å². The molecule has 78 valence electrons. The molecule has 0 aliphatic carbocycles. The van der Waals surface area contributed by atoms with E-state index in [9.17, 15) is 0 Å². The fourth-order valence-electron chi connectivity index (χ4n) is 1.32. The number of nitrogens with zero attached hydrogens (tertiary/aromatic N) is 2. The second-order valence-electron chi connectivity index (χ2n) is 5.10. The van der Waals surface area contributed by atoms with Crippen molar-refractivity contribution in [3.63, 3.8) is 0 Å². The summed E-state index contributed by atoms with van der Waals surface area (Å²) >= 11 is 0. The van der Waals surface area contributed by atoms with Gasteiger partial charge in [-0.3, -0.25) is 9.97 Å². The molecular formula is C11H20N2Si. The lowest BCUT2D eigenvalue weighted by Gasteiger charge is -2.15. The van der Waals surface area contributed by atoms with E-state index < -0.39 is 8.07 Å². The fraction of sp³-hybridized carbons (Fsp3) is 0.636. The molecule has 0 saturated heterocycles. The van der Waals surface area contributed by atoms with Crippen molar-refractivity contribution in [2.24, 2.45) is 0 Å². The summed E-state index contributed by atoms with van der Waals surface area (Å²) in [6, 6.07) is 1.30. The van der Waals surface area contributed by atoms with Crippen molar-refractivity contribution < 1.29 is 0 Å². The third-order valence-corrected chi connectivity index (χ3v) is 4.04. The Morgan fingerprint density at radius 2 is 1.86 bits per heavy atom. The van der Waals surface area contributed by atoms with Crippen molar-refractivity contribution >= 4 is 8.07 Å². The van der Waals surface area contributed by atoms with E-state index >= 15 is 0 Å². The maximum atomic E-state index is 4.54. The lowest BCUT2D eigenvalue weighted by atomic mass is 10.2. The Labute approximate surface area is 87.8 Å². The van der Waals surface area contributed by atoms with Crippen LogP contribution in [0.5, 0.6) is 0 Å². The maximum Gasteiger partial charge on any atom is 0.0616 e. The van der Waals surface area contributed by atoms with E-state index in [-0.39, 0.29) is 0 Å². The smallest absolute Gasteiger partial charge is 0.0616 e. The van der Waals surface area contributed by atoms with Crippen molar-refractivity contribution in [2.75, 3.05) is 0 Å². The quantitative estimate of drug-likeness (QED) is 0.714. The lowest BCUT2D eigenvalue weighted by molar-refractivity contribution is 0.919. The SMILES string of the molecule is Cc1cnc(C)c(CC[Si](C)(C)C)n1. The van der Waals surface area contributed by atoms with Gasteiger partial charge < -0.3 is 0 Å². The topological polar surface area (TPSA) is 25.8 Å². The highest BCUT2D eigenvalue weighted by atomic mass is 28.3. The van der Waals surface area contributed by atoms with E-state index in [1.807, 2.05) is 20.0 Å². The summed E-state index contributed by atoms with van der Waals surface area (Å²) in [7, 11) is -0.948. The molecule has 0 aliphatic heterocycles. The van der Waals surface area contributed by atoms with Crippen molar-refractivity contribution in [3.8, 4) is 0 Å². The van der Waals surface area contributed by atoms with Crippen LogP contribution in [0.1, 0.15) is 17.1 Å². The van der Waals surface area contributed by atoms with Crippen LogP contribution in [-0.4, -0.2) is 18.0 Å². The van der Waals surface area contributed by atoms with Crippen LogP contribution in [0.25, 0.3) is 0 Å². The Morgan fingerprint density at radius 3 is 2.43 bits per heavy atom. The second-order valence-corrected chi connectivity index (χ2v) is 10.7. The average molecular weight is 208 g/mol. The summed E-state index contributed by atoms with van der Waals surface area (Å²) in [6.45, 7) is 11.2. The largest absolute Gasteiger partial charge is 0.258 e. The first-order chi connectivity index (χ1) is 6.38. The molecule has 3 heteroatoms. The molecule has 0 spiro atoms. The minimum Gasteiger partial charge on any atom is -0.258 e. The molecule has 0 bridgehead atoms. The molecule has 0 radical (unpaired) electrons. The van der Waals surface area contributed by atoms with Crippen LogP contribution < -0.4 is 0 Å². The van der Waals surface area contributed by atoms with Crippen LogP contribution in [0.4, 0.5) is 0 Å². The van der Waals surface area contributed by atoms with Crippen LogP contribution in [0.15, 0.2) is 6.20 Å². The van der Waals surface area contributed by atoms with E-state index in [1.54, 1.807) is 0 Å². The van der Waals surface area contributed by atoms with Gasteiger partial charge in [-0.1, -0.05) is 25.7 Å². The number of hydrogen-bond acceptors (Lipinski definition) is 2. The fourth-order valence-corrected chi connectivity index (χ4v) is 2.30. The van der Waals surface area contributed by atoms with Crippen LogP contribution in [0, 0.1) is 13.8 Å². The maximum absolute atomic E-state index is 4.54. The van der Waals surface area contributed by atoms with Crippen LogP contribution in [-0.2, 0) is 6.42 Å². The predicted octanol–water partition coefficient (Wildman–Crippen LogP) is 2.97. The number of aromatic nitrogens is 2. The summed E-state index contributed by atoms with van der Waals surface area (Å²) in [6.07, 6.45) is 2.93. The first-order valence-corrected chi connectivity index (χ1v) is 8.88. The summed E-state index contributed by atoms with van der Waals surface area (Å²) in [5.74, 6) is 0. The van der Waals surface area contributed by atoms with Gasteiger partial charge in [0.15, 0.2) is 0 Å². The highest BCUT2D eigenvalue weighted by Gasteiger charge is 2.14. The Hall–Kier alpha value is -0.703. The van der Waals surface area contributed by atoms with Gasteiger partial charge in [0, 0.05) is 14.3 Å². The summed E-state index contributed by atoms with van der Waals surface area (Å²) in [4.78, 5) is 8.87. The van der Waals surface area contributed by atoms with Crippen molar-refractivity contribution in [2.45, 2.75) is 46.0 Å². The van der Waals surface area contributed by atoms with Crippen molar-refractivity contribution in [3.05, 3.63) is 23.3 Å². The molecule has 0 aromatic carbocycles. The molecule has 1 aromatic rings. The highest BCUT2D eigenvalue weighted by Crippen LogP contribution is 2.14. The molecule has 0 N–H and O–H groups in total. The molecule has 1 rings (SSSR count). The third kappa shape index (κ3) is 3.58. The van der Waals surface area contributed by atoms with Gasteiger partial charge in [0.1, 0.15) is 0 Å². The third-order valence-electron chi connectivity index (χ3n) is 2.29. The molecule has 2 nitrogen and oxygen atoms in total. The van der Waals surface area contributed by atoms with Gasteiger partial charge in [-0.25, -0.2) is 0 Å². The number of rotatable bonds is 3. The minimum absolute atomic E-state index is 0.948. The van der Waals surface area contributed by atoms with Gasteiger partial charge in [0.2, 0.25) is 0 Å².